The van der Waals surface area contributed by atoms with E-state index in [1.807, 2.05) is 3.97 Å². The van der Waals surface area contributed by atoms with Crippen LogP contribution in [-0.2, 0) is 22.9 Å². The number of rotatable bonds is 3. The first kappa shape index (κ1) is 15.6. The van der Waals surface area contributed by atoms with Gasteiger partial charge in [0.25, 0.3) is 0 Å². The van der Waals surface area contributed by atoms with Gasteiger partial charge in [0.2, 0.25) is 10.0 Å². The lowest BCUT2D eigenvalue weighted by atomic mass is 9.78. The van der Waals surface area contributed by atoms with Crippen molar-refractivity contribution in [3.63, 3.8) is 0 Å². The smallest absolute Gasteiger partial charge is 0.239 e. The van der Waals surface area contributed by atoms with Gasteiger partial charge in [-0.15, -0.1) is 0 Å². The van der Waals surface area contributed by atoms with E-state index in [1.165, 1.54) is 9.12 Å². The van der Waals surface area contributed by atoms with E-state index in [0.29, 0.717) is 12.8 Å². The molecule has 2 rings (SSSR count). The molecule has 0 radical (unpaired) electrons. The summed E-state index contributed by atoms with van der Waals surface area (Å²) >= 11 is 2.11. The van der Waals surface area contributed by atoms with Gasteiger partial charge in [0.15, 0.2) is 0 Å². The van der Waals surface area contributed by atoms with Crippen molar-refractivity contribution < 1.29 is 13.5 Å². The first-order valence-corrected chi connectivity index (χ1v) is 10.8. The quantitative estimate of drug-likeness (QED) is 0.737. The zero-order chi connectivity index (χ0) is 14.4. The van der Waals surface area contributed by atoms with Gasteiger partial charge in [0, 0.05) is 42.2 Å². The average molecular weight is 416 g/mol. The SMILES string of the molecule is CC(C)(O)C1CCc2c(S(N)(=O)=O)cn(SI)c2C1. The highest BCUT2D eigenvalue weighted by molar-refractivity contribution is 14.2. The van der Waals surface area contributed by atoms with Gasteiger partial charge in [-0.1, -0.05) is 0 Å². The molecular weight excluding hydrogens is 399 g/mol. The molecule has 8 heteroatoms. The highest BCUT2D eigenvalue weighted by atomic mass is 127. The first-order chi connectivity index (χ1) is 8.64. The molecule has 0 amide bonds. The number of halogens is 1. The lowest BCUT2D eigenvalue weighted by molar-refractivity contribution is 0.0104. The number of nitrogens with two attached hydrogens (primary N) is 1. The Morgan fingerprint density at radius 1 is 1.58 bits per heavy atom. The van der Waals surface area contributed by atoms with E-state index in [-0.39, 0.29) is 10.8 Å². The molecule has 1 heterocycles. The molecule has 19 heavy (non-hydrogen) atoms. The largest absolute Gasteiger partial charge is 0.390 e. The maximum Gasteiger partial charge on any atom is 0.239 e. The second-order valence-electron chi connectivity index (χ2n) is 5.45. The Bertz CT molecular complexity index is 590. The summed E-state index contributed by atoms with van der Waals surface area (Å²) in [4.78, 5) is 0.223. The molecule has 0 saturated carbocycles. The van der Waals surface area contributed by atoms with Crippen molar-refractivity contribution in [3.8, 4) is 0 Å². The number of hydrogen-bond donors (Lipinski definition) is 2. The number of hydrogen-bond acceptors (Lipinski definition) is 4. The fraction of sp³-hybridized carbons (Fsp3) is 0.636. The molecule has 1 atom stereocenters. The number of aliphatic hydroxyl groups is 1. The Morgan fingerprint density at radius 3 is 2.68 bits per heavy atom. The summed E-state index contributed by atoms with van der Waals surface area (Å²) in [6.45, 7) is 3.60. The number of sulfonamides is 1. The van der Waals surface area contributed by atoms with Crippen LogP contribution in [0.2, 0.25) is 0 Å². The Kier molecular flexibility index (Phi) is 4.28. The van der Waals surface area contributed by atoms with Gasteiger partial charge in [0.1, 0.15) is 4.90 Å². The lowest BCUT2D eigenvalue weighted by Crippen LogP contribution is -2.35. The fourth-order valence-electron chi connectivity index (χ4n) is 2.58. The van der Waals surface area contributed by atoms with Crippen LogP contribution < -0.4 is 5.14 Å². The molecular formula is C11H17IN2O3S2. The maximum atomic E-state index is 11.6. The predicted octanol–water partition coefficient (Wildman–Crippen LogP) is 1.86. The Hall–Kier alpha value is 0.230. The van der Waals surface area contributed by atoms with Crippen LogP contribution >= 0.6 is 30.3 Å². The highest BCUT2D eigenvalue weighted by Crippen LogP contribution is 2.38. The van der Waals surface area contributed by atoms with Crippen LogP contribution in [0.25, 0.3) is 0 Å². The molecule has 1 unspecified atom stereocenters. The van der Waals surface area contributed by atoms with Crippen LogP contribution in [0.3, 0.4) is 0 Å². The summed E-state index contributed by atoms with van der Waals surface area (Å²) in [5.74, 6) is 0.130. The third-order valence-electron chi connectivity index (χ3n) is 3.71. The highest BCUT2D eigenvalue weighted by Gasteiger charge is 2.35. The summed E-state index contributed by atoms with van der Waals surface area (Å²) < 4.78 is 25.1. The van der Waals surface area contributed by atoms with Crippen molar-refractivity contribution in [2.75, 3.05) is 0 Å². The normalized spacial score (nSPS) is 20.4. The number of aromatic nitrogens is 1. The fourth-order valence-corrected chi connectivity index (χ4v) is 4.93. The van der Waals surface area contributed by atoms with E-state index < -0.39 is 15.6 Å². The van der Waals surface area contributed by atoms with Gasteiger partial charge < -0.3 is 5.11 Å². The van der Waals surface area contributed by atoms with Crippen molar-refractivity contribution in [2.45, 2.75) is 43.6 Å². The molecule has 0 aromatic carbocycles. The maximum absolute atomic E-state index is 11.6. The Labute approximate surface area is 129 Å². The minimum atomic E-state index is -3.69. The zero-order valence-electron chi connectivity index (χ0n) is 10.8. The van der Waals surface area contributed by atoms with E-state index in [9.17, 15) is 13.5 Å². The van der Waals surface area contributed by atoms with Crippen molar-refractivity contribution >= 4 is 40.3 Å². The van der Waals surface area contributed by atoms with E-state index in [0.717, 1.165) is 17.7 Å². The standard InChI is InChI=1S/C11H17IN2O3S2/c1-11(2,15)7-3-4-8-9(5-7)14(18-12)6-10(8)19(13,16)17/h6-7,15H,3-5H2,1-2H3,(H2,13,16,17). The minimum absolute atomic E-state index is 0.130. The van der Waals surface area contributed by atoms with Crippen LogP contribution in [0.4, 0.5) is 0 Å². The predicted molar refractivity (Wildman–Crippen MR) is 84.6 cm³/mol. The van der Waals surface area contributed by atoms with Gasteiger partial charge >= 0.3 is 0 Å². The van der Waals surface area contributed by atoms with E-state index in [1.54, 1.807) is 20.0 Å². The summed E-state index contributed by atoms with van der Waals surface area (Å²) in [6.07, 6.45) is 3.67. The molecule has 0 fully saturated rings. The molecule has 1 aliphatic rings. The second kappa shape index (κ2) is 5.21. The molecule has 1 aromatic rings. The number of nitrogens with zero attached hydrogens (tertiary/aromatic N) is 1. The molecule has 0 aliphatic heterocycles. The van der Waals surface area contributed by atoms with E-state index in [2.05, 4.69) is 21.2 Å². The topological polar surface area (TPSA) is 85.3 Å². The van der Waals surface area contributed by atoms with E-state index >= 15 is 0 Å². The third kappa shape index (κ3) is 3.12. The molecule has 3 N–H and O–H groups in total. The van der Waals surface area contributed by atoms with Crippen molar-refractivity contribution in [1.82, 2.24) is 3.97 Å². The van der Waals surface area contributed by atoms with E-state index in [4.69, 9.17) is 5.14 Å². The van der Waals surface area contributed by atoms with Crippen LogP contribution in [0.15, 0.2) is 11.1 Å². The van der Waals surface area contributed by atoms with Crippen molar-refractivity contribution in [1.29, 1.82) is 0 Å². The molecule has 0 bridgehead atoms. The van der Waals surface area contributed by atoms with Crippen LogP contribution in [0.5, 0.6) is 0 Å². The summed E-state index contributed by atoms with van der Waals surface area (Å²) in [5, 5.41) is 15.4. The van der Waals surface area contributed by atoms with Gasteiger partial charge in [-0.3, -0.25) is 3.97 Å². The minimum Gasteiger partial charge on any atom is -0.390 e. The second-order valence-corrected chi connectivity index (χ2v) is 8.69. The molecule has 0 spiro atoms. The number of fused-ring (bicyclic) bond motifs is 1. The van der Waals surface area contributed by atoms with Crippen molar-refractivity contribution in [3.05, 3.63) is 17.5 Å². The van der Waals surface area contributed by atoms with Gasteiger partial charge in [-0.2, -0.15) is 0 Å². The Balaban J connectivity index is 2.48. The van der Waals surface area contributed by atoms with Gasteiger partial charge in [-0.25, -0.2) is 13.6 Å². The monoisotopic (exact) mass is 416 g/mol. The third-order valence-corrected chi connectivity index (χ3v) is 6.42. The molecule has 0 saturated heterocycles. The summed E-state index contributed by atoms with van der Waals surface area (Å²) in [6, 6.07) is 0. The zero-order valence-corrected chi connectivity index (χ0v) is 14.5. The van der Waals surface area contributed by atoms with Gasteiger partial charge in [0.05, 0.1) is 5.60 Å². The lowest BCUT2D eigenvalue weighted by Gasteiger charge is -2.33. The Morgan fingerprint density at radius 2 is 2.21 bits per heavy atom. The summed E-state index contributed by atoms with van der Waals surface area (Å²) in [7, 11) is -2.27. The molecule has 1 aliphatic carbocycles. The molecule has 5 nitrogen and oxygen atoms in total. The average Bonchev–Trinajstić information content (AvgIpc) is 2.65. The molecule has 1 aromatic heterocycles. The van der Waals surface area contributed by atoms with Crippen LogP contribution in [0, 0.1) is 5.92 Å². The van der Waals surface area contributed by atoms with Crippen LogP contribution in [0.1, 0.15) is 31.5 Å². The van der Waals surface area contributed by atoms with Gasteiger partial charge in [-0.05, 0) is 44.6 Å². The van der Waals surface area contributed by atoms with Crippen LogP contribution in [-0.4, -0.2) is 23.1 Å². The molecule has 108 valence electrons. The number of primary sulfonamides is 1. The summed E-state index contributed by atoms with van der Waals surface area (Å²) in [5.41, 5.74) is 1.01. The van der Waals surface area contributed by atoms with Crippen molar-refractivity contribution in [2.24, 2.45) is 11.1 Å². The first-order valence-electron chi connectivity index (χ1n) is 5.92.